The second-order valence-corrected chi connectivity index (χ2v) is 11.3. The maximum Gasteiger partial charge on any atom is 0.135 e. The number of allylic oxidation sites excluding steroid dienone is 1. The number of thiophene rings is 1. The number of anilines is 1. The molecule has 0 aliphatic carbocycles. The van der Waals surface area contributed by atoms with Crippen LogP contribution in [-0.2, 0) is 0 Å². The molecule has 6 aromatic heterocycles. The molecule has 0 saturated carbocycles. The molecular weight excluding hydrogens is 478 g/mol. The first-order chi connectivity index (χ1) is 17.8. The molecule has 6 aromatic rings. The van der Waals surface area contributed by atoms with Crippen molar-refractivity contribution in [2.24, 2.45) is 5.41 Å². The number of rotatable bonds is 6. The van der Waals surface area contributed by atoms with Crippen LogP contribution < -0.4 is 5.32 Å². The van der Waals surface area contributed by atoms with Crippen molar-refractivity contribution in [3.63, 3.8) is 0 Å². The molecule has 0 aliphatic heterocycles. The summed E-state index contributed by atoms with van der Waals surface area (Å²) in [7, 11) is 0. The largest absolute Gasteiger partial charge is 0.358 e. The van der Waals surface area contributed by atoms with Crippen molar-refractivity contribution in [3.8, 4) is 33.1 Å². The van der Waals surface area contributed by atoms with Crippen molar-refractivity contribution < 1.29 is 0 Å². The average Bonchev–Trinajstić information content (AvgIpc) is 3.61. The van der Waals surface area contributed by atoms with Crippen molar-refractivity contribution in [1.29, 1.82) is 0 Å². The summed E-state index contributed by atoms with van der Waals surface area (Å²) in [6.07, 6.45) is 8.26. The highest BCUT2D eigenvalue weighted by molar-refractivity contribution is 7.13. The van der Waals surface area contributed by atoms with E-state index in [0.717, 1.165) is 68.0 Å². The number of hydrogen-bond donors (Lipinski definition) is 3. The second-order valence-electron chi connectivity index (χ2n) is 10.4. The molecule has 0 aliphatic rings. The van der Waals surface area contributed by atoms with Gasteiger partial charge in [0.2, 0.25) is 0 Å². The molecule has 0 radical (unpaired) electrons. The van der Waals surface area contributed by atoms with E-state index in [4.69, 9.17) is 4.98 Å². The van der Waals surface area contributed by atoms with Gasteiger partial charge in [-0.05, 0) is 47.5 Å². The highest BCUT2D eigenvalue weighted by Crippen LogP contribution is 2.35. The van der Waals surface area contributed by atoms with E-state index in [9.17, 15) is 0 Å². The van der Waals surface area contributed by atoms with Gasteiger partial charge in [-0.25, -0.2) is 4.98 Å². The molecule has 6 rings (SSSR count). The maximum absolute atomic E-state index is 4.99. The summed E-state index contributed by atoms with van der Waals surface area (Å²) in [5, 5.41) is 14.3. The minimum Gasteiger partial charge on any atom is -0.358 e. The number of pyridine rings is 3. The average molecular weight is 506 g/mol. The molecule has 37 heavy (non-hydrogen) atoms. The minimum atomic E-state index is 0.155. The van der Waals surface area contributed by atoms with Crippen LogP contribution in [0.1, 0.15) is 27.2 Å². The van der Waals surface area contributed by atoms with Crippen LogP contribution in [0.2, 0.25) is 0 Å². The van der Waals surface area contributed by atoms with Gasteiger partial charge in [-0.15, -0.1) is 11.3 Å². The van der Waals surface area contributed by atoms with E-state index in [-0.39, 0.29) is 5.41 Å². The van der Waals surface area contributed by atoms with Crippen LogP contribution in [0.15, 0.2) is 78.8 Å². The van der Waals surface area contributed by atoms with Crippen LogP contribution in [0, 0.1) is 5.41 Å². The van der Waals surface area contributed by atoms with Crippen LogP contribution >= 0.6 is 11.3 Å². The predicted octanol–water partition coefficient (Wildman–Crippen LogP) is 7.65. The molecule has 0 unspecified atom stereocenters. The van der Waals surface area contributed by atoms with Gasteiger partial charge in [0.25, 0.3) is 0 Å². The summed E-state index contributed by atoms with van der Waals surface area (Å²) in [6.45, 7) is 10.8. The predicted molar refractivity (Wildman–Crippen MR) is 152 cm³/mol. The van der Waals surface area contributed by atoms with Crippen molar-refractivity contribution in [1.82, 2.24) is 30.1 Å². The van der Waals surface area contributed by atoms with Crippen LogP contribution in [-0.4, -0.2) is 30.1 Å². The fourth-order valence-electron chi connectivity index (χ4n) is 4.59. The number of fused-ring (bicyclic) bond motifs is 2. The third kappa shape index (κ3) is 4.63. The Morgan fingerprint density at radius 3 is 2.70 bits per heavy atom. The molecule has 8 heteroatoms. The van der Waals surface area contributed by atoms with E-state index in [1.165, 1.54) is 4.88 Å². The smallest absolute Gasteiger partial charge is 0.135 e. The summed E-state index contributed by atoms with van der Waals surface area (Å²) < 4.78 is 0. The van der Waals surface area contributed by atoms with Gasteiger partial charge in [-0.3, -0.25) is 15.1 Å². The normalized spacial score (nSPS) is 11.9. The van der Waals surface area contributed by atoms with E-state index < -0.39 is 0 Å². The number of nitrogens with one attached hydrogen (secondary N) is 3. The van der Waals surface area contributed by atoms with Gasteiger partial charge in [0.15, 0.2) is 0 Å². The lowest BCUT2D eigenvalue weighted by atomic mass is 9.91. The van der Waals surface area contributed by atoms with Crippen LogP contribution in [0.3, 0.4) is 0 Å². The first-order valence-corrected chi connectivity index (χ1v) is 13.0. The molecule has 0 fully saturated rings. The summed E-state index contributed by atoms with van der Waals surface area (Å²) in [5.41, 5.74) is 9.15. The molecule has 0 bridgehead atoms. The summed E-state index contributed by atoms with van der Waals surface area (Å²) >= 11 is 1.70. The quantitative estimate of drug-likeness (QED) is 0.216. The number of nitrogens with zero attached hydrogens (tertiary/aromatic N) is 4. The zero-order valence-electron chi connectivity index (χ0n) is 21.0. The Hall–Kier alpha value is -4.30. The lowest BCUT2D eigenvalue weighted by Crippen LogP contribution is -2.10. The third-order valence-corrected chi connectivity index (χ3v) is 7.00. The second kappa shape index (κ2) is 8.97. The van der Waals surface area contributed by atoms with E-state index in [0.29, 0.717) is 0 Å². The molecule has 3 N–H and O–H groups in total. The molecule has 0 saturated heterocycles. The fraction of sp³-hybridized carbons (Fsp3) is 0.172. The molecule has 0 atom stereocenters. The van der Waals surface area contributed by atoms with Crippen molar-refractivity contribution in [2.45, 2.75) is 27.2 Å². The Kier molecular flexibility index (Phi) is 5.61. The van der Waals surface area contributed by atoms with Gasteiger partial charge in [0.05, 0.1) is 40.5 Å². The summed E-state index contributed by atoms with van der Waals surface area (Å²) in [5.74, 6) is 0. The van der Waals surface area contributed by atoms with Gasteiger partial charge in [-0.1, -0.05) is 33.4 Å². The fourth-order valence-corrected chi connectivity index (χ4v) is 5.34. The van der Waals surface area contributed by atoms with Gasteiger partial charge < -0.3 is 10.3 Å². The number of hydrogen-bond acceptors (Lipinski definition) is 6. The van der Waals surface area contributed by atoms with Crippen molar-refractivity contribution in [3.05, 3.63) is 78.8 Å². The van der Waals surface area contributed by atoms with E-state index in [1.807, 2.05) is 36.9 Å². The lowest BCUT2D eigenvalue weighted by molar-refractivity contribution is 0.411. The van der Waals surface area contributed by atoms with Gasteiger partial charge in [0.1, 0.15) is 11.2 Å². The molecule has 184 valence electrons. The van der Waals surface area contributed by atoms with E-state index >= 15 is 0 Å². The number of H-pyrrole nitrogens is 2. The van der Waals surface area contributed by atoms with Crippen LogP contribution in [0.4, 0.5) is 5.69 Å². The molecule has 7 nitrogen and oxygen atoms in total. The zero-order chi connectivity index (χ0) is 25.6. The zero-order valence-corrected chi connectivity index (χ0v) is 21.8. The molecular formula is C29H27N7S. The molecule has 0 spiro atoms. The highest BCUT2D eigenvalue weighted by Gasteiger charge is 2.17. The number of aromatic nitrogens is 6. The lowest BCUT2D eigenvalue weighted by Gasteiger charge is -2.20. The topological polar surface area (TPSA) is 95.2 Å². The number of aromatic amines is 2. The Labute approximate surface area is 218 Å². The SMILES string of the molecule is C=C(CC(C)(C)C)Nc1cncc(-c2ccc3[nH]nc(-c4cc5c(-c6cccs6)cncc5[nH]4)c3n2)c1. The standard InChI is InChI=1S/C29H27N7S/c1-17(12-29(2,3)4)32-19-10-18(13-30-14-19)22-7-8-23-27(34-22)28(36-35-23)24-11-20-21(26-6-5-9-37-26)15-31-16-25(20)33-24/h5-11,13-16,32-33H,1,12H2,2-4H3,(H,35,36). The minimum absolute atomic E-state index is 0.155. The first-order valence-electron chi connectivity index (χ1n) is 12.1. The maximum atomic E-state index is 4.99. The monoisotopic (exact) mass is 505 g/mol. The highest BCUT2D eigenvalue weighted by atomic mass is 32.1. The Balaban J connectivity index is 1.36. The van der Waals surface area contributed by atoms with E-state index in [2.05, 4.69) is 87.5 Å². The van der Waals surface area contributed by atoms with Crippen molar-refractivity contribution >= 4 is 39.0 Å². The van der Waals surface area contributed by atoms with Gasteiger partial charge >= 0.3 is 0 Å². The molecule has 6 heterocycles. The van der Waals surface area contributed by atoms with Gasteiger partial charge in [-0.2, -0.15) is 5.10 Å². The van der Waals surface area contributed by atoms with Gasteiger partial charge in [0, 0.05) is 39.5 Å². The Morgan fingerprint density at radius 2 is 1.89 bits per heavy atom. The van der Waals surface area contributed by atoms with Crippen molar-refractivity contribution in [2.75, 3.05) is 5.32 Å². The van der Waals surface area contributed by atoms with Crippen LogP contribution in [0.25, 0.3) is 55.0 Å². The Bertz CT molecular complexity index is 1740. The van der Waals surface area contributed by atoms with E-state index in [1.54, 1.807) is 11.3 Å². The first kappa shape index (κ1) is 23.1. The summed E-state index contributed by atoms with van der Waals surface area (Å²) in [6, 6.07) is 12.3. The summed E-state index contributed by atoms with van der Waals surface area (Å²) in [4.78, 5) is 18.5. The Morgan fingerprint density at radius 1 is 1.03 bits per heavy atom. The molecule has 0 amide bonds. The third-order valence-electron chi connectivity index (χ3n) is 6.09. The van der Waals surface area contributed by atoms with Crippen LogP contribution in [0.5, 0.6) is 0 Å². The molecule has 0 aromatic carbocycles.